The number of piperidine rings is 1. The molecule has 3 aromatic heterocycles. The Morgan fingerprint density at radius 3 is 2.75 bits per heavy atom. The zero-order valence-corrected chi connectivity index (χ0v) is 14.7. The minimum absolute atomic E-state index is 0.258. The molecule has 7 heteroatoms. The maximum atomic E-state index is 10.6. The number of fused-ring (bicyclic) bond motifs is 1. The predicted molar refractivity (Wildman–Crippen MR) is 95.3 cm³/mol. The van der Waals surface area contributed by atoms with Crippen LogP contribution in [0.4, 0.5) is 5.13 Å². The van der Waals surface area contributed by atoms with Crippen molar-refractivity contribution < 1.29 is 5.11 Å². The number of hydrogen-bond donors (Lipinski definition) is 1. The van der Waals surface area contributed by atoms with Gasteiger partial charge in [0.1, 0.15) is 0 Å². The summed E-state index contributed by atoms with van der Waals surface area (Å²) in [5.41, 5.74) is 2.78. The van der Waals surface area contributed by atoms with Crippen molar-refractivity contribution in [3.63, 3.8) is 0 Å². The van der Waals surface area contributed by atoms with Gasteiger partial charge < -0.3 is 10.0 Å². The van der Waals surface area contributed by atoms with Gasteiger partial charge in [0.2, 0.25) is 0 Å². The van der Waals surface area contributed by atoms with Crippen LogP contribution in [0.25, 0.3) is 10.3 Å². The van der Waals surface area contributed by atoms with Gasteiger partial charge in [-0.3, -0.25) is 4.98 Å². The Balaban J connectivity index is 1.46. The molecule has 0 aliphatic carbocycles. The Hall–Kier alpha value is -1.99. The smallest absolute Gasteiger partial charge is 0.188 e. The SMILES string of the molecule is Cc1nn(C)c2nc(N3CCC([C@H](O)c4ccccn4)CC3)sc12. The highest BCUT2D eigenvalue weighted by Crippen LogP contribution is 2.35. The summed E-state index contributed by atoms with van der Waals surface area (Å²) in [6, 6.07) is 5.71. The molecule has 3 aromatic rings. The van der Waals surface area contributed by atoms with Gasteiger partial charge in [-0.2, -0.15) is 5.10 Å². The third kappa shape index (κ3) is 2.67. The second-order valence-corrected chi connectivity index (χ2v) is 7.36. The van der Waals surface area contributed by atoms with Gasteiger partial charge in [0, 0.05) is 26.3 Å². The maximum Gasteiger partial charge on any atom is 0.188 e. The summed E-state index contributed by atoms with van der Waals surface area (Å²) < 4.78 is 3.02. The van der Waals surface area contributed by atoms with E-state index in [1.165, 1.54) is 4.70 Å². The standard InChI is InChI=1S/C17H21N5OS/c1-11-15-16(21(2)20-11)19-17(24-15)22-9-6-12(7-10-22)14(23)13-5-3-4-8-18-13/h3-5,8,12,14,23H,6-7,9-10H2,1-2H3/t14-/m0/s1. The highest BCUT2D eigenvalue weighted by atomic mass is 32.1. The van der Waals surface area contributed by atoms with E-state index < -0.39 is 6.10 Å². The van der Waals surface area contributed by atoms with Gasteiger partial charge in [0.25, 0.3) is 0 Å². The predicted octanol–water partition coefficient (Wildman–Crippen LogP) is 2.68. The van der Waals surface area contributed by atoms with Crippen LogP contribution in [0.1, 0.15) is 30.3 Å². The van der Waals surface area contributed by atoms with E-state index in [0.717, 1.165) is 48.1 Å². The van der Waals surface area contributed by atoms with Crippen LogP contribution in [-0.2, 0) is 7.05 Å². The van der Waals surface area contributed by atoms with Crippen LogP contribution in [0.15, 0.2) is 24.4 Å². The number of pyridine rings is 1. The van der Waals surface area contributed by atoms with E-state index in [-0.39, 0.29) is 5.92 Å². The van der Waals surface area contributed by atoms with Crippen molar-refractivity contribution in [2.75, 3.05) is 18.0 Å². The molecule has 0 radical (unpaired) electrons. The summed E-state index contributed by atoms with van der Waals surface area (Å²) in [5, 5.41) is 16.0. The van der Waals surface area contributed by atoms with Crippen LogP contribution in [-0.4, -0.2) is 37.9 Å². The van der Waals surface area contributed by atoms with E-state index in [2.05, 4.69) is 15.0 Å². The fraction of sp³-hybridized carbons (Fsp3) is 0.471. The van der Waals surface area contributed by atoms with Crippen molar-refractivity contribution in [3.8, 4) is 0 Å². The summed E-state index contributed by atoms with van der Waals surface area (Å²) in [6.45, 7) is 3.86. The average Bonchev–Trinajstić information content (AvgIpc) is 3.17. The molecule has 24 heavy (non-hydrogen) atoms. The molecule has 1 fully saturated rings. The summed E-state index contributed by atoms with van der Waals surface area (Å²) in [6.07, 6.45) is 3.16. The number of thiazole rings is 1. The Labute approximate surface area is 144 Å². The van der Waals surface area contributed by atoms with E-state index in [4.69, 9.17) is 4.98 Å². The Bertz CT molecular complexity index is 801. The van der Waals surface area contributed by atoms with Crippen molar-refractivity contribution in [1.29, 1.82) is 0 Å². The fourth-order valence-corrected chi connectivity index (χ4v) is 4.49. The molecule has 1 aliphatic rings. The molecule has 0 spiro atoms. The number of anilines is 1. The topological polar surface area (TPSA) is 67.1 Å². The van der Waals surface area contributed by atoms with Crippen molar-refractivity contribution in [1.82, 2.24) is 19.7 Å². The largest absolute Gasteiger partial charge is 0.387 e. The van der Waals surface area contributed by atoms with E-state index in [1.807, 2.05) is 36.9 Å². The maximum absolute atomic E-state index is 10.6. The first-order valence-corrected chi connectivity index (χ1v) is 9.09. The quantitative estimate of drug-likeness (QED) is 0.792. The normalized spacial score (nSPS) is 17.5. The van der Waals surface area contributed by atoms with Crippen molar-refractivity contribution >= 4 is 26.8 Å². The number of aromatic nitrogens is 4. The number of hydrogen-bond acceptors (Lipinski definition) is 6. The lowest BCUT2D eigenvalue weighted by atomic mass is 9.89. The Morgan fingerprint density at radius 2 is 2.08 bits per heavy atom. The number of nitrogens with zero attached hydrogens (tertiary/aromatic N) is 5. The molecule has 1 N–H and O–H groups in total. The van der Waals surface area contributed by atoms with Gasteiger partial charge in [-0.05, 0) is 37.8 Å². The van der Waals surface area contributed by atoms with Gasteiger partial charge in [-0.15, -0.1) is 0 Å². The molecule has 0 unspecified atom stereocenters. The van der Waals surface area contributed by atoms with Crippen LogP contribution >= 0.6 is 11.3 Å². The number of aryl methyl sites for hydroxylation is 2. The third-order valence-corrected chi connectivity index (χ3v) is 5.99. The molecule has 0 saturated carbocycles. The molecule has 4 heterocycles. The first-order chi connectivity index (χ1) is 11.6. The monoisotopic (exact) mass is 343 g/mol. The minimum Gasteiger partial charge on any atom is -0.387 e. The lowest BCUT2D eigenvalue weighted by Gasteiger charge is -2.33. The first kappa shape index (κ1) is 15.5. The Morgan fingerprint density at radius 1 is 1.29 bits per heavy atom. The first-order valence-electron chi connectivity index (χ1n) is 8.27. The Kier molecular flexibility index (Phi) is 3.97. The van der Waals surface area contributed by atoms with Crippen molar-refractivity contribution in [3.05, 3.63) is 35.8 Å². The van der Waals surface area contributed by atoms with E-state index >= 15 is 0 Å². The van der Waals surface area contributed by atoms with Crippen LogP contribution < -0.4 is 4.90 Å². The molecule has 0 bridgehead atoms. The lowest BCUT2D eigenvalue weighted by Crippen LogP contribution is -2.35. The second kappa shape index (κ2) is 6.14. The van der Waals surface area contributed by atoms with Crippen LogP contribution in [0, 0.1) is 12.8 Å². The fourth-order valence-electron chi connectivity index (χ4n) is 3.41. The van der Waals surface area contributed by atoms with Gasteiger partial charge in [-0.25, -0.2) is 9.67 Å². The molecule has 6 nitrogen and oxygen atoms in total. The average molecular weight is 343 g/mol. The van der Waals surface area contributed by atoms with Gasteiger partial charge in [0.15, 0.2) is 10.8 Å². The zero-order chi connectivity index (χ0) is 16.7. The lowest BCUT2D eigenvalue weighted by molar-refractivity contribution is 0.0891. The van der Waals surface area contributed by atoms with Crippen molar-refractivity contribution in [2.45, 2.75) is 25.9 Å². The summed E-state index contributed by atoms with van der Waals surface area (Å²) in [7, 11) is 1.94. The van der Waals surface area contributed by atoms with E-state index in [9.17, 15) is 5.11 Å². The van der Waals surface area contributed by atoms with Crippen molar-refractivity contribution in [2.24, 2.45) is 13.0 Å². The molecule has 126 valence electrons. The van der Waals surface area contributed by atoms with Gasteiger partial charge in [0.05, 0.1) is 22.2 Å². The molecule has 1 aliphatic heterocycles. The van der Waals surface area contributed by atoms with Gasteiger partial charge >= 0.3 is 0 Å². The summed E-state index contributed by atoms with van der Waals surface area (Å²) >= 11 is 1.71. The molecule has 1 atom stereocenters. The minimum atomic E-state index is -0.477. The zero-order valence-electron chi connectivity index (χ0n) is 13.9. The molecular weight excluding hydrogens is 322 g/mol. The second-order valence-electron chi connectivity index (χ2n) is 6.38. The molecule has 0 aromatic carbocycles. The van der Waals surface area contributed by atoms with Crippen LogP contribution in [0.2, 0.25) is 0 Å². The molecule has 1 saturated heterocycles. The summed E-state index contributed by atoms with van der Waals surface area (Å²) in [5.74, 6) is 0.258. The third-order valence-electron chi connectivity index (χ3n) is 4.78. The van der Waals surface area contributed by atoms with Crippen LogP contribution in [0.5, 0.6) is 0 Å². The molecule has 0 amide bonds. The highest BCUT2D eigenvalue weighted by Gasteiger charge is 2.28. The summed E-state index contributed by atoms with van der Waals surface area (Å²) in [4.78, 5) is 11.4. The van der Waals surface area contributed by atoms with E-state index in [1.54, 1.807) is 17.5 Å². The molecule has 4 rings (SSSR count). The van der Waals surface area contributed by atoms with E-state index in [0.29, 0.717) is 0 Å². The number of aliphatic hydroxyl groups excluding tert-OH is 1. The van der Waals surface area contributed by atoms with Gasteiger partial charge in [-0.1, -0.05) is 17.4 Å². The molecular formula is C17H21N5OS. The number of rotatable bonds is 3. The number of aliphatic hydroxyl groups is 1. The highest BCUT2D eigenvalue weighted by molar-refractivity contribution is 7.22. The van der Waals surface area contributed by atoms with Crippen LogP contribution in [0.3, 0.4) is 0 Å².